The van der Waals surface area contributed by atoms with Gasteiger partial charge in [0, 0.05) is 5.88 Å². The smallest absolute Gasteiger partial charge is 0.177 e. The first-order chi connectivity index (χ1) is 3.41. The van der Waals surface area contributed by atoms with E-state index >= 15 is 0 Å². The van der Waals surface area contributed by atoms with Gasteiger partial charge in [-0.25, -0.2) is 0 Å². The minimum absolute atomic E-state index is 0.293. The van der Waals surface area contributed by atoms with Crippen molar-refractivity contribution in [1.29, 1.82) is 0 Å². The van der Waals surface area contributed by atoms with Crippen LogP contribution in [0.25, 0.3) is 0 Å². The maximum absolute atomic E-state index is 5.41. The van der Waals surface area contributed by atoms with Crippen molar-refractivity contribution in [2.45, 2.75) is 12.5 Å². The van der Waals surface area contributed by atoms with Crippen LogP contribution in [0.4, 0.5) is 0 Å². The molecule has 0 unspecified atom stereocenters. The van der Waals surface area contributed by atoms with E-state index in [0.717, 1.165) is 22.8 Å². The molecule has 0 atom stereocenters. The van der Waals surface area contributed by atoms with Crippen molar-refractivity contribution < 1.29 is 4.12 Å². The molecule has 0 N–H and O–H groups in total. The monoisotopic (exact) mass is 153 g/mol. The zero-order chi connectivity index (χ0) is 5.54. The summed E-state index contributed by atoms with van der Waals surface area (Å²) < 4.78 is 5.01. The van der Waals surface area contributed by atoms with E-state index < -0.39 is 0 Å². The SMILES string of the molecule is [SiH3]O[SiH]CCCCl. The van der Waals surface area contributed by atoms with E-state index in [2.05, 4.69) is 0 Å². The Balaban J connectivity index is 2.45. The maximum Gasteiger partial charge on any atom is 0.177 e. The minimum Gasteiger partial charge on any atom is -0.466 e. The van der Waals surface area contributed by atoms with Gasteiger partial charge in [-0.1, -0.05) is 0 Å². The molecule has 0 rings (SSSR count). The van der Waals surface area contributed by atoms with Gasteiger partial charge in [0.25, 0.3) is 0 Å². The van der Waals surface area contributed by atoms with E-state index in [-0.39, 0.29) is 0 Å². The van der Waals surface area contributed by atoms with Crippen LogP contribution in [0.2, 0.25) is 6.04 Å². The molecule has 1 radical (unpaired) electrons. The molecule has 0 heterocycles. The summed E-state index contributed by atoms with van der Waals surface area (Å²) in [6.07, 6.45) is 1.12. The van der Waals surface area contributed by atoms with Gasteiger partial charge in [-0.2, -0.15) is 0 Å². The molecule has 0 amide bonds. The molecule has 0 aliphatic carbocycles. The third-order valence-corrected chi connectivity index (χ3v) is 2.87. The highest BCUT2D eigenvalue weighted by molar-refractivity contribution is 6.34. The number of hydrogen-bond donors (Lipinski definition) is 0. The molecule has 0 aromatic rings. The van der Waals surface area contributed by atoms with Gasteiger partial charge >= 0.3 is 0 Å². The third kappa shape index (κ3) is 6.68. The quantitative estimate of drug-likeness (QED) is 0.306. The highest BCUT2D eigenvalue weighted by Gasteiger charge is 1.83. The first-order valence-corrected chi connectivity index (χ1v) is 4.96. The van der Waals surface area contributed by atoms with E-state index in [9.17, 15) is 0 Å². The lowest BCUT2D eigenvalue weighted by Gasteiger charge is -1.90. The van der Waals surface area contributed by atoms with Crippen molar-refractivity contribution in [3.63, 3.8) is 0 Å². The van der Waals surface area contributed by atoms with Crippen LogP contribution in [0.5, 0.6) is 0 Å². The second-order valence-corrected chi connectivity index (χ2v) is 4.41. The fourth-order valence-electron chi connectivity index (χ4n) is 0.278. The molecule has 0 aromatic carbocycles. The predicted molar refractivity (Wildman–Crippen MR) is 38.3 cm³/mol. The van der Waals surface area contributed by atoms with Crippen molar-refractivity contribution in [1.82, 2.24) is 0 Å². The molecule has 1 nitrogen and oxygen atoms in total. The van der Waals surface area contributed by atoms with Crippen molar-refractivity contribution in [2.75, 3.05) is 5.88 Å². The molecule has 7 heavy (non-hydrogen) atoms. The topological polar surface area (TPSA) is 9.23 Å². The molecular weight excluding hydrogens is 144 g/mol. The van der Waals surface area contributed by atoms with Gasteiger partial charge in [0.15, 0.2) is 9.76 Å². The first kappa shape index (κ1) is 7.68. The Bertz CT molecular complexity index is 32.1. The molecule has 0 aliphatic rings. The van der Waals surface area contributed by atoms with Crippen LogP contribution < -0.4 is 0 Å². The van der Waals surface area contributed by atoms with E-state index in [4.69, 9.17) is 15.7 Å². The van der Waals surface area contributed by atoms with Gasteiger partial charge in [-0.3, -0.25) is 0 Å². The number of halogens is 1. The van der Waals surface area contributed by atoms with Crippen LogP contribution in [0.3, 0.4) is 0 Å². The van der Waals surface area contributed by atoms with Crippen molar-refractivity contribution in [2.24, 2.45) is 0 Å². The van der Waals surface area contributed by atoms with Gasteiger partial charge in [-0.15, -0.1) is 11.6 Å². The summed E-state index contributed by atoms with van der Waals surface area (Å²) in [7, 11) is 1.19. The summed E-state index contributed by atoms with van der Waals surface area (Å²) in [5.41, 5.74) is 0. The average Bonchev–Trinajstić information content (AvgIpc) is 1.69. The molecule has 0 spiro atoms. The molecule has 43 valence electrons. The zero-order valence-corrected chi connectivity index (χ0v) is 8.40. The summed E-state index contributed by atoms with van der Waals surface area (Å²) >= 11 is 5.41. The molecular formula is C3H10ClOSi2. The lowest BCUT2D eigenvalue weighted by Crippen LogP contribution is -1.93. The third-order valence-electron chi connectivity index (χ3n) is 0.622. The summed E-state index contributed by atoms with van der Waals surface area (Å²) in [4.78, 5) is 0. The molecule has 0 saturated carbocycles. The van der Waals surface area contributed by atoms with Gasteiger partial charge in [-0.05, 0) is 12.5 Å². The minimum atomic E-state index is 0.293. The van der Waals surface area contributed by atoms with Gasteiger partial charge < -0.3 is 4.12 Å². The normalized spacial score (nSPS) is 9.86. The fraction of sp³-hybridized carbons (Fsp3) is 1.00. The van der Waals surface area contributed by atoms with Crippen molar-refractivity contribution in [3.8, 4) is 0 Å². The second-order valence-electron chi connectivity index (χ2n) is 1.23. The Morgan fingerprint density at radius 2 is 2.43 bits per heavy atom. The number of alkyl halides is 1. The van der Waals surface area contributed by atoms with Crippen LogP contribution in [-0.2, 0) is 4.12 Å². The fourth-order valence-corrected chi connectivity index (χ4v) is 2.01. The Hall–Kier alpha value is 0.684. The molecule has 0 saturated heterocycles. The summed E-state index contributed by atoms with van der Waals surface area (Å²) in [6.45, 7) is 0. The Morgan fingerprint density at radius 1 is 1.71 bits per heavy atom. The lowest BCUT2D eigenvalue weighted by molar-refractivity contribution is 0.657. The highest BCUT2D eigenvalue weighted by atomic mass is 35.5. The summed E-state index contributed by atoms with van der Waals surface area (Å²) in [5, 5.41) is 0. The first-order valence-electron chi connectivity index (χ1n) is 2.32. The van der Waals surface area contributed by atoms with E-state index in [1.807, 2.05) is 0 Å². The van der Waals surface area contributed by atoms with E-state index in [1.165, 1.54) is 6.04 Å². The van der Waals surface area contributed by atoms with Gasteiger partial charge in [0.05, 0.1) is 0 Å². The van der Waals surface area contributed by atoms with E-state index in [1.54, 1.807) is 0 Å². The number of hydrogen-bond acceptors (Lipinski definition) is 1. The van der Waals surface area contributed by atoms with Crippen molar-refractivity contribution in [3.05, 3.63) is 0 Å². The second kappa shape index (κ2) is 6.68. The lowest BCUT2D eigenvalue weighted by atomic mass is 10.6. The Morgan fingerprint density at radius 3 is 2.86 bits per heavy atom. The van der Waals surface area contributed by atoms with Gasteiger partial charge in [0.2, 0.25) is 0 Å². The number of rotatable bonds is 4. The predicted octanol–water partition coefficient (Wildman–Crippen LogP) is -0.318. The molecule has 0 aliphatic heterocycles. The molecule has 0 fully saturated rings. The largest absolute Gasteiger partial charge is 0.466 e. The van der Waals surface area contributed by atoms with Crippen molar-refractivity contribution >= 4 is 31.9 Å². The van der Waals surface area contributed by atoms with E-state index in [0.29, 0.717) is 9.76 Å². The van der Waals surface area contributed by atoms with Crippen LogP contribution in [0, 0.1) is 0 Å². The van der Waals surface area contributed by atoms with Crippen LogP contribution in [0.15, 0.2) is 0 Å². The molecule has 0 aromatic heterocycles. The summed E-state index contributed by atoms with van der Waals surface area (Å²) in [5.74, 6) is 0.790. The van der Waals surface area contributed by atoms with Crippen LogP contribution in [-0.4, -0.2) is 26.1 Å². The molecule has 4 heteroatoms. The summed E-state index contributed by atoms with van der Waals surface area (Å²) in [6, 6.07) is 1.20. The Kier molecular flexibility index (Phi) is 7.34. The molecule has 0 bridgehead atoms. The zero-order valence-electron chi connectivity index (χ0n) is 4.48. The standard InChI is InChI=1S/C3H10ClOSi2/c4-2-1-3-7-5-6/h7H,1-3H2,6H3. The van der Waals surface area contributed by atoms with Gasteiger partial charge in [0.1, 0.15) is 10.5 Å². The Labute approximate surface area is 54.9 Å². The van der Waals surface area contributed by atoms with Crippen LogP contribution >= 0.6 is 11.6 Å². The van der Waals surface area contributed by atoms with Crippen LogP contribution in [0.1, 0.15) is 6.42 Å². The average molecular weight is 154 g/mol. The maximum atomic E-state index is 5.41. The highest BCUT2D eigenvalue weighted by Crippen LogP contribution is 1.89.